The Labute approximate surface area is 96.6 Å². The Morgan fingerprint density at radius 1 is 1.31 bits per heavy atom. The first kappa shape index (κ1) is 13.0. The smallest absolute Gasteiger partial charge is 0.130 e. The molecular formula is C13H20FNO. The zero-order chi connectivity index (χ0) is 12.2. The van der Waals surface area contributed by atoms with Crippen LogP contribution in [0.2, 0.25) is 0 Å². The highest BCUT2D eigenvalue weighted by molar-refractivity contribution is 5.46. The molecule has 0 aliphatic rings. The minimum Gasteiger partial charge on any atom is -0.398 e. The Bertz CT molecular complexity index is 324. The van der Waals surface area contributed by atoms with Gasteiger partial charge < -0.3 is 10.5 Å². The predicted molar refractivity (Wildman–Crippen MR) is 64.5 cm³/mol. The van der Waals surface area contributed by atoms with Crippen molar-refractivity contribution in [2.24, 2.45) is 5.41 Å². The average Bonchev–Trinajstić information content (AvgIpc) is 2.14. The molecule has 1 aromatic rings. The standard InChI is InChI=1S/C13H20FNO/c1-13(2,3)7-8-16-9-10-11(14)5-4-6-12(10)15/h4-6H,7-9,15H2,1-3H3. The van der Waals surface area contributed by atoms with Crippen molar-refractivity contribution in [1.82, 2.24) is 0 Å². The molecule has 16 heavy (non-hydrogen) atoms. The molecule has 1 aromatic carbocycles. The highest BCUT2D eigenvalue weighted by atomic mass is 19.1. The van der Waals surface area contributed by atoms with Crippen LogP contribution in [0.3, 0.4) is 0 Å². The van der Waals surface area contributed by atoms with Crippen molar-refractivity contribution in [1.29, 1.82) is 0 Å². The van der Waals surface area contributed by atoms with E-state index in [1.807, 2.05) is 0 Å². The van der Waals surface area contributed by atoms with E-state index in [1.54, 1.807) is 12.1 Å². The summed E-state index contributed by atoms with van der Waals surface area (Å²) in [5.41, 5.74) is 6.82. The molecule has 2 nitrogen and oxygen atoms in total. The number of halogens is 1. The van der Waals surface area contributed by atoms with E-state index in [1.165, 1.54) is 6.07 Å². The summed E-state index contributed by atoms with van der Waals surface area (Å²) in [7, 11) is 0. The van der Waals surface area contributed by atoms with Gasteiger partial charge in [0.25, 0.3) is 0 Å². The SMILES string of the molecule is CC(C)(C)CCOCc1c(N)cccc1F. The molecule has 2 N–H and O–H groups in total. The fourth-order valence-corrected chi connectivity index (χ4v) is 1.28. The summed E-state index contributed by atoms with van der Waals surface area (Å²) >= 11 is 0. The van der Waals surface area contributed by atoms with Gasteiger partial charge in [-0.25, -0.2) is 4.39 Å². The van der Waals surface area contributed by atoms with Crippen molar-refractivity contribution in [2.45, 2.75) is 33.8 Å². The number of nitrogen functional groups attached to an aromatic ring is 1. The molecule has 0 heterocycles. The number of hydrogen-bond donors (Lipinski definition) is 1. The number of ether oxygens (including phenoxy) is 1. The normalized spacial score (nSPS) is 11.8. The molecule has 3 heteroatoms. The number of benzene rings is 1. The van der Waals surface area contributed by atoms with Crippen LogP contribution >= 0.6 is 0 Å². The minimum absolute atomic E-state index is 0.237. The second-order valence-electron chi connectivity index (χ2n) is 5.17. The van der Waals surface area contributed by atoms with Crippen LogP contribution < -0.4 is 5.73 Å². The third-order valence-electron chi connectivity index (χ3n) is 2.40. The van der Waals surface area contributed by atoms with Gasteiger partial charge in [0.15, 0.2) is 0 Å². The summed E-state index contributed by atoms with van der Waals surface area (Å²) in [5, 5.41) is 0. The lowest BCUT2D eigenvalue weighted by atomic mass is 9.93. The first-order valence-electron chi connectivity index (χ1n) is 5.51. The van der Waals surface area contributed by atoms with E-state index in [0.717, 1.165) is 6.42 Å². The molecule has 0 bridgehead atoms. The van der Waals surface area contributed by atoms with Crippen LogP contribution in [0.4, 0.5) is 10.1 Å². The highest BCUT2D eigenvalue weighted by Gasteiger charge is 2.10. The lowest BCUT2D eigenvalue weighted by Crippen LogP contribution is -2.10. The van der Waals surface area contributed by atoms with E-state index in [9.17, 15) is 4.39 Å². The van der Waals surface area contributed by atoms with E-state index < -0.39 is 0 Å². The lowest BCUT2D eigenvalue weighted by Gasteiger charge is -2.17. The second kappa shape index (κ2) is 5.30. The van der Waals surface area contributed by atoms with Gasteiger partial charge >= 0.3 is 0 Å². The van der Waals surface area contributed by atoms with Gasteiger partial charge in [-0.3, -0.25) is 0 Å². The van der Waals surface area contributed by atoms with Crippen molar-refractivity contribution >= 4 is 5.69 Å². The maximum Gasteiger partial charge on any atom is 0.130 e. The molecule has 0 saturated heterocycles. The predicted octanol–water partition coefficient (Wildman–Crippen LogP) is 3.36. The van der Waals surface area contributed by atoms with E-state index in [2.05, 4.69) is 20.8 Å². The molecule has 0 spiro atoms. The number of hydrogen-bond acceptors (Lipinski definition) is 2. The molecule has 0 radical (unpaired) electrons. The summed E-state index contributed by atoms with van der Waals surface area (Å²) in [4.78, 5) is 0. The molecule has 1 rings (SSSR count). The van der Waals surface area contributed by atoms with Gasteiger partial charge in [-0.15, -0.1) is 0 Å². The monoisotopic (exact) mass is 225 g/mol. The zero-order valence-electron chi connectivity index (χ0n) is 10.2. The van der Waals surface area contributed by atoms with Gasteiger partial charge in [0.1, 0.15) is 5.82 Å². The average molecular weight is 225 g/mol. The molecule has 90 valence electrons. The first-order valence-corrected chi connectivity index (χ1v) is 5.51. The fraction of sp³-hybridized carbons (Fsp3) is 0.538. The fourth-order valence-electron chi connectivity index (χ4n) is 1.28. The third-order valence-corrected chi connectivity index (χ3v) is 2.40. The van der Waals surface area contributed by atoms with Crippen molar-refractivity contribution in [3.8, 4) is 0 Å². The summed E-state index contributed by atoms with van der Waals surface area (Å²) in [6, 6.07) is 4.69. The quantitative estimate of drug-likeness (QED) is 0.630. The molecule has 0 atom stereocenters. The van der Waals surface area contributed by atoms with Crippen LogP contribution in [0.25, 0.3) is 0 Å². The molecule has 0 amide bonds. The first-order chi connectivity index (χ1) is 7.40. The summed E-state index contributed by atoms with van der Waals surface area (Å²) < 4.78 is 18.8. The van der Waals surface area contributed by atoms with Gasteiger partial charge in [0, 0.05) is 17.9 Å². The van der Waals surface area contributed by atoms with Crippen LogP contribution in [0.1, 0.15) is 32.8 Å². The van der Waals surface area contributed by atoms with E-state index in [4.69, 9.17) is 10.5 Å². The molecule has 0 fully saturated rings. The van der Waals surface area contributed by atoms with Crippen molar-refractivity contribution in [2.75, 3.05) is 12.3 Å². The van der Waals surface area contributed by atoms with E-state index >= 15 is 0 Å². The van der Waals surface area contributed by atoms with Gasteiger partial charge in [-0.05, 0) is 24.0 Å². The van der Waals surface area contributed by atoms with E-state index in [-0.39, 0.29) is 17.8 Å². The largest absolute Gasteiger partial charge is 0.398 e. The van der Waals surface area contributed by atoms with Crippen LogP contribution in [0.5, 0.6) is 0 Å². The van der Waals surface area contributed by atoms with Gasteiger partial charge in [0.2, 0.25) is 0 Å². The molecule has 0 saturated carbocycles. The zero-order valence-corrected chi connectivity index (χ0v) is 10.2. The summed E-state index contributed by atoms with van der Waals surface area (Å²) in [6.07, 6.45) is 0.946. The molecular weight excluding hydrogens is 205 g/mol. The maximum atomic E-state index is 13.4. The minimum atomic E-state index is -0.296. The van der Waals surface area contributed by atoms with Gasteiger partial charge in [0.05, 0.1) is 6.61 Å². The van der Waals surface area contributed by atoms with Crippen LogP contribution in [0, 0.1) is 11.2 Å². The number of rotatable bonds is 4. The Hall–Kier alpha value is -1.09. The van der Waals surface area contributed by atoms with Crippen molar-refractivity contribution < 1.29 is 9.13 Å². The molecule has 0 aliphatic carbocycles. The lowest BCUT2D eigenvalue weighted by molar-refractivity contribution is 0.0947. The Kier molecular flexibility index (Phi) is 4.30. The topological polar surface area (TPSA) is 35.2 Å². The Morgan fingerprint density at radius 2 is 2.00 bits per heavy atom. The van der Waals surface area contributed by atoms with Crippen LogP contribution in [-0.2, 0) is 11.3 Å². The van der Waals surface area contributed by atoms with Crippen LogP contribution in [-0.4, -0.2) is 6.61 Å². The highest BCUT2D eigenvalue weighted by Crippen LogP contribution is 2.20. The Morgan fingerprint density at radius 3 is 2.56 bits per heavy atom. The van der Waals surface area contributed by atoms with E-state index in [0.29, 0.717) is 17.9 Å². The number of nitrogens with two attached hydrogens (primary N) is 1. The maximum absolute atomic E-state index is 13.4. The van der Waals surface area contributed by atoms with Gasteiger partial charge in [-0.1, -0.05) is 26.8 Å². The van der Waals surface area contributed by atoms with Crippen molar-refractivity contribution in [3.63, 3.8) is 0 Å². The number of anilines is 1. The van der Waals surface area contributed by atoms with Crippen LogP contribution in [0.15, 0.2) is 18.2 Å². The third kappa shape index (κ3) is 4.19. The molecule has 0 aliphatic heterocycles. The Balaban J connectivity index is 2.43. The van der Waals surface area contributed by atoms with Gasteiger partial charge in [-0.2, -0.15) is 0 Å². The van der Waals surface area contributed by atoms with Crippen molar-refractivity contribution in [3.05, 3.63) is 29.6 Å². The molecule has 0 aromatic heterocycles. The molecule has 0 unspecified atom stereocenters. The summed E-state index contributed by atoms with van der Waals surface area (Å²) in [6.45, 7) is 7.31. The second-order valence-corrected chi connectivity index (χ2v) is 5.17. The summed E-state index contributed by atoms with van der Waals surface area (Å²) in [5.74, 6) is -0.296.